The highest BCUT2D eigenvalue weighted by Gasteiger charge is 2.08. The Labute approximate surface area is 145 Å². The number of amides is 3. The molecular formula is C18H21N3O4. The standard InChI is InChI=1S/C18H21N3O4/c19-17(23)9-10-25-16-8-4-3-7-15(16)21-18(24)20-11-13-5-1-2-6-14(13)12-22/h1-8,22H,9-12H2,(H2,19,23)(H2,20,21,24). The van der Waals surface area contributed by atoms with E-state index >= 15 is 0 Å². The van der Waals surface area contributed by atoms with Crippen LogP contribution in [-0.4, -0.2) is 23.7 Å². The fourth-order valence-electron chi connectivity index (χ4n) is 2.18. The quantitative estimate of drug-likeness (QED) is 0.585. The molecule has 5 N–H and O–H groups in total. The molecule has 0 spiro atoms. The summed E-state index contributed by atoms with van der Waals surface area (Å²) in [7, 11) is 0. The second-order valence-corrected chi connectivity index (χ2v) is 5.30. The van der Waals surface area contributed by atoms with Crippen molar-refractivity contribution in [2.75, 3.05) is 11.9 Å². The SMILES string of the molecule is NC(=O)CCOc1ccccc1NC(=O)NCc1ccccc1CO. The van der Waals surface area contributed by atoms with Crippen LogP contribution in [0.5, 0.6) is 5.75 Å². The number of ether oxygens (including phenoxy) is 1. The monoisotopic (exact) mass is 343 g/mol. The number of urea groups is 1. The fraction of sp³-hybridized carbons (Fsp3) is 0.222. The number of hydrogen-bond donors (Lipinski definition) is 4. The van der Waals surface area contributed by atoms with Crippen molar-refractivity contribution < 1.29 is 19.4 Å². The molecule has 0 saturated heterocycles. The van der Waals surface area contributed by atoms with Crippen molar-refractivity contribution in [1.82, 2.24) is 5.32 Å². The number of aliphatic hydroxyl groups is 1. The summed E-state index contributed by atoms with van der Waals surface area (Å²) in [6, 6.07) is 13.8. The van der Waals surface area contributed by atoms with E-state index in [2.05, 4.69) is 10.6 Å². The molecule has 0 heterocycles. The molecular weight excluding hydrogens is 322 g/mol. The summed E-state index contributed by atoms with van der Waals surface area (Å²) < 4.78 is 5.47. The minimum atomic E-state index is -0.453. The Morgan fingerprint density at radius 1 is 1.04 bits per heavy atom. The predicted molar refractivity (Wildman–Crippen MR) is 94.0 cm³/mol. The Kier molecular flexibility index (Phi) is 6.79. The third kappa shape index (κ3) is 5.82. The molecule has 0 atom stereocenters. The number of para-hydroxylation sites is 2. The predicted octanol–water partition coefficient (Wildman–Crippen LogP) is 1.75. The van der Waals surface area contributed by atoms with E-state index in [1.807, 2.05) is 18.2 Å². The maximum atomic E-state index is 12.1. The molecule has 0 fully saturated rings. The van der Waals surface area contributed by atoms with Crippen LogP contribution >= 0.6 is 0 Å². The fourth-order valence-corrected chi connectivity index (χ4v) is 2.18. The highest BCUT2D eigenvalue weighted by molar-refractivity contribution is 5.90. The van der Waals surface area contributed by atoms with Gasteiger partial charge in [0.2, 0.25) is 5.91 Å². The highest BCUT2D eigenvalue weighted by atomic mass is 16.5. The number of benzene rings is 2. The molecule has 25 heavy (non-hydrogen) atoms. The van der Waals surface area contributed by atoms with Gasteiger partial charge in [0, 0.05) is 6.54 Å². The van der Waals surface area contributed by atoms with Gasteiger partial charge in [0.1, 0.15) is 5.75 Å². The number of carbonyl (C=O) groups is 2. The first-order valence-corrected chi connectivity index (χ1v) is 7.82. The summed E-state index contributed by atoms with van der Waals surface area (Å²) in [5, 5.41) is 14.7. The van der Waals surface area contributed by atoms with Crippen LogP contribution in [0.1, 0.15) is 17.5 Å². The van der Waals surface area contributed by atoms with Crippen molar-refractivity contribution in [3.8, 4) is 5.75 Å². The van der Waals surface area contributed by atoms with Gasteiger partial charge in [0.15, 0.2) is 0 Å². The molecule has 2 aromatic rings. The van der Waals surface area contributed by atoms with E-state index in [0.717, 1.165) is 11.1 Å². The zero-order valence-corrected chi connectivity index (χ0v) is 13.7. The summed E-state index contributed by atoms with van der Waals surface area (Å²) in [5.41, 5.74) is 7.16. The number of rotatable bonds is 8. The minimum absolute atomic E-state index is 0.0873. The Morgan fingerprint density at radius 2 is 1.72 bits per heavy atom. The molecule has 0 aromatic heterocycles. The second-order valence-electron chi connectivity index (χ2n) is 5.30. The van der Waals surface area contributed by atoms with Gasteiger partial charge in [-0.25, -0.2) is 4.79 Å². The molecule has 132 valence electrons. The van der Waals surface area contributed by atoms with Gasteiger partial charge in [-0.3, -0.25) is 4.79 Å². The molecule has 0 aliphatic carbocycles. The third-order valence-corrected chi connectivity index (χ3v) is 3.47. The Balaban J connectivity index is 1.93. The lowest BCUT2D eigenvalue weighted by Gasteiger charge is -2.13. The molecule has 0 bridgehead atoms. The van der Waals surface area contributed by atoms with Crippen molar-refractivity contribution in [1.29, 1.82) is 0 Å². The normalized spacial score (nSPS) is 10.1. The first kappa shape index (κ1) is 18.3. The molecule has 7 heteroatoms. The molecule has 0 saturated carbocycles. The van der Waals surface area contributed by atoms with Gasteiger partial charge in [0.05, 0.1) is 25.3 Å². The van der Waals surface area contributed by atoms with E-state index in [9.17, 15) is 14.7 Å². The number of hydrogen-bond acceptors (Lipinski definition) is 4. The molecule has 2 aromatic carbocycles. The van der Waals surface area contributed by atoms with Gasteiger partial charge in [-0.1, -0.05) is 36.4 Å². The molecule has 0 radical (unpaired) electrons. The zero-order chi connectivity index (χ0) is 18.1. The topological polar surface area (TPSA) is 114 Å². The first-order valence-electron chi connectivity index (χ1n) is 7.82. The average molecular weight is 343 g/mol. The van der Waals surface area contributed by atoms with Crippen molar-refractivity contribution >= 4 is 17.6 Å². The van der Waals surface area contributed by atoms with Gasteiger partial charge in [-0.05, 0) is 23.3 Å². The van der Waals surface area contributed by atoms with E-state index in [1.165, 1.54) is 0 Å². The molecule has 0 unspecified atom stereocenters. The van der Waals surface area contributed by atoms with Crippen LogP contribution in [-0.2, 0) is 17.9 Å². The van der Waals surface area contributed by atoms with Crippen molar-refractivity contribution in [3.63, 3.8) is 0 Å². The molecule has 2 rings (SSSR count). The van der Waals surface area contributed by atoms with Gasteiger partial charge < -0.3 is 26.2 Å². The van der Waals surface area contributed by atoms with Crippen molar-refractivity contribution in [3.05, 3.63) is 59.7 Å². The van der Waals surface area contributed by atoms with Crippen molar-refractivity contribution in [2.24, 2.45) is 5.73 Å². The van der Waals surface area contributed by atoms with Crippen LogP contribution in [0.3, 0.4) is 0 Å². The average Bonchev–Trinajstić information content (AvgIpc) is 2.61. The molecule has 7 nitrogen and oxygen atoms in total. The van der Waals surface area contributed by atoms with Crippen LogP contribution in [0.25, 0.3) is 0 Å². The van der Waals surface area contributed by atoms with E-state index in [0.29, 0.717) is 11.4 Å². The van der Waals surface area contributed by atoms with Crippen molar-refractivity contribution in [2.45, 2.75) is 19.6 Å². The largest absolute Gasteiger partial charge is 0.491 e. The van der Waals surface area contributed by atoms with Gasteiger partial charge in [0.25, 0.3) is 0 Å². The van der Waals surface area contributed by atoms with Crippen LogP contribution < -0.4 is 21.1 Å². The molecule has 3 amide bonds. The number of nitrogens with two attached hydrogens (primary N) is 1. The molecule has 0 aliphatic heterocycles. The smallest absolute Gasteiger partial charge is 0.319 e. The number of anilines is 1. The lowest BCUT2D eigenvalue weighted by atomic mass is 10.1. The zero-order valence-electron chi connectivity index (χ0n) is 13.7. The lowest BCUT2D eigenvalue weighted by Crippen LogP contribution is -2.28. The van der Waals surface area contributed by atoms with E-state index in [-0.39, 0.29) is 26.2 Å². The summed E-state index contributed by atoms with van der Waals surface area (Å²) in [6.45, 7) is 0.336. The lowest BCUT2D eigenvalue weighted by molar-refractivity contribution is -0.118. The van der Waals surface area contributed by atoms with E-state index in [4.69, 9.17) is 10.5 Å². The van der Waals surface area contributed by atoms with Crippen LogP contribution in [0.15, 0.2) is 48.5 Å². The van der Waals surface area contributed by atoms with Gasteiger partial charge >= 0.3 is 6.03 Å². The van der Waals surface area contributed by atoms with E-state index in [1.54, 1.807) is 30.3 Å². The van der Waals surface area contributed by atoms with Gasteiger partial charge in [-0.15, -0.1) is 0 Å². The number of nitrogens with one attached hydrogen (secondary N) is 2. The maximum Gasteiger partial charge on any atom is 0.319 e. The van der Waals surface area contributed by atoms with Crippen LogP contribution in [0.4, 0.5) is 10.5 Å². The number of primary amides is 1. The van der Waals surface area contributed by atoms with Crippen LogP contribution in [0.2, 0.25) is 0 Å². The maximum absolute atomic E-state index is 12.1. The summed E-state index contributed by atoms with van der Waals surface area (Å²) in [5.74, 6) is 0.000361. The highest BCUT2D eigenvalue weighted by Crippen LogP contribution is 2.23. The number of aliphatic hydroxyl groups excluding tert-OH is 1. The first-order chi connectivity index (χ1) is 12.1. The van der Waals surface area contributed by atoms with E-state index < -0.39 is 11.9 Å². The number of carbonyl (C=O) groups excluding carboxylic acids is 2. The summed E-state index contributed by atoms with van der Waals surface area (Å²) in [4.78, 5) is 22.9. The Morgan fingerprint density at radius 3 is 2.44 bits per heavy atom. The molecule has 0 aliphatic rings. The minimum Gasteiger partial charge on any atom is -0.491 e. The second kappa shape index (κ2) is 9.29. The third-order valence-electron chi connectivity index (χ3n) is 3.47. The van der Waals surface area contributed by atoms with Crippen LogP contribution in [0, 0.1) is 0 Å². The van der Waals surface area contributed by atoms with Gasteiger partial charge in [-0.2, -0.15) is 0 Å². The Hall–Kier alpha value is -3.06. The summed E-state index contributed by atoms with van der Waals surface area (Å²) in [6.07, 6.45) is 0.0957. The summed E-state index contributed by atoms with van der Waals surface area (Å²) >= 11 is 0. The Bertz CT molecular complexity index is 734.